The first-order chi connectivity index (χ1) is 7.86. The molecule has 1 aromatic rings. The number of benzene rings is 1. The van der Waals surface area contributed by atoms with E-state index in [-0.39, 0.29) is 0 Å². The molecule has 0 aliphatic carbocycles. The highest BCUT2D eigenvalue weighted by atomic mass is 14.0. The van der Waals surface area contributed by atoms with Gasteiger partial charge in [0, 0.05) is 0 Å². The Labute approximate surface area is 100 Å². The summed E-state index contributed by atoms with van der Waals surface area (Å²) in [6, 6.07) is 9.08. The Kier molecular flexibility index (Phi) is 6.64. The minimum absolute atomic E-state index is 1.06. The van der Waals surface area contributed by atoms with Crippen LogP contribution in [-0.4, -0.2) is 0 Å². The van der Waals surface area contributed by atoms with E-state index >= 15 is 0 Å². The van der Waals surface area contributed by atoms with Crippen LogP contribution in [0.3, 0.4) is 0 Å². The molecule has 0 atom stereocenters. The second-order valence-electron chi connectivity index (χ2n) is 4.40. The van der Waals surface area contributed by atoms with Crippen molar-refractivity contribution in [1.82, 2.24) is 0 Å². The maximum absolute atomic E-state index is 2.28. The zero-order valence-corrected chi connectivity index (χ0v) is 10.7. The lowest BCUT2D eigenvalue weighted by Gasteiger charge is -2.02. The SMILES string of the molecule is CC=CCc1ccc(CCCCCC)cc1. The molecule has 1 aromatic carbocycles. The van der Waals surface area contributed by atoms with E-state index in [1.54, 1.807) is 0 Å². The van der Waals surface area contributed by atoms with E-state index in [0.29, 0.717) is 0 Å². The van der Waals surface area contributed by atoms with Crippen LogP contribution >= 0.6 is 0 Å². The van der Waals surface area contributed by atoms with E-state index < -0.39 is 0 Å². The first kappa shape index (κ1) is 13.0. The number of hydrogen-bond donors (Lipinski definition) is 0. The van der Waals surface area contributed by atoms with E-state index in [0.717, 1.165) is 6.42 Å². The maximum Gasteiger partial charge on any atom is -0.00976 e. The molecule has 0 saturated carbocycles. The van der Waals surface area contributed by atoms with Crippen molar-refractivity contribution < 1.29 is 0 Å². The van der Waals surface area contributed by atoms with Crippen LogP contribution in [0.4, 0.5) is 0 Å². The van der Waals surface area contributed by atoms with Gasteiger partial charge in [0.25, 0.3) is 0 Å². The Morgan fingerprint density at radius 1 is 0.938 bits per heavy atom. The summed E-state index contributed by atoms with van der Waals surface area (Å²) >= 11 is 0. The van der Waals surface area contributed by atoms with Gasteiger partial charge in [0.2, 0.25) is 0 Å². The molecule has 0 heteroatoms. The van der Waals surface area contributed by atoms with Gasteiger partial charge in [-0.15, -0.1) is 0 Å². The van der Waals surface area contributed by atoms with E-state index in [1.807, 2.05) is 0 Å². The molecule has 0 aliphatic heterocycles. The zero-order valence-electron chi connectivity index (χ0n) is 10.7. The van der Waals surface area contributed by atoms with Crippen molar-refractivity contribution in [1.29, 1.82) is 0 Å². The third kappa shape index (κ3) is 5.16. The van der Waals surface area contributed by atoms with Gasteiger partial charge >= 0.3 is 0 Å². The molecule has 0 radical (unpaired) electrons. The molecular weight excluding hydrogens is 192 g/mol. The van der Waals surface area contributed by atoms with Gasteiger partial charge in [-0.05, 0) is 37.3 Å². The molecule has 0 bridgehead atoms. The summed E-state index contributed by atoms with van der Waals surface area (Å²) in [5.41, 5.74) is 2.90. The van der Waals surface area contributed by atoms with Crippen LogP contribution in [0, 0.1) is 0 Å². The summed E-state index contributed by atoms with van der Waals surface area (Å²) in [5.74, 6) is 0. The number of allylic oxidation sites excluding steroid dienone is 2. The highest BCUT2D eigenvalue weighted by Gasteiger charge is 1.94. The summed E-state index contributed by atoms with van der Waals surface area (Å²) in [7, 11) is 0. The van der Waals surface area contributed by atoms with Gasteiger partial charge in [0.05, 0.1) is 0 Å². The Morgan fingerprint density at radius 3 is 2.25 bits per heavy atom. The van der Waals surface area contributed by atoms with Gasteiger partial charge in [-0.25, -0.2) is 0 Å². The molecule has 0 unspecified atom stereocenters. The molecule has 16 heavy (non-hydrogen) atoms. The van der Waals surface area contributed by atoms with Crippen molar-refractivity contribution in [2.75, 3.05) is 0 Å². The summed E-state index contributed by atoms with van der Waals surface area (Å²) < 4.78 is 0. The van der Waals surface area contributed by atoms with Gasteiger partial charge in [-0.2, -0.15) is 0 Å². The summed E-state index contributed by atoms with van der Waals surface area (Å²) in [4.78, 5) is 0. The molecule has 0 nitrogen and oxygen atoms in total. The minimum Gasteiger partial charge on any atom is -0.0913 e. The Bertz CT molecular complexity index is 292. The van der Waals surface area contributed by atoms with Crippen molar-refractivity contribution in [3.8, 4) is 0 Å². The average molecular weight is 216 g/mol. The lowest BCUT2D eigenvalue weighted by molar-refractivity contribution is 0.667. The molecule has 0 aromatic heterocycles. The van der Waals surface area contributed by atoms with Crippen molar-refractivity contribution in [2.45, 2.75) is 52.4 Å². The fourth-order valence-corrected chi connectivity index (χ4v) is 1.85. The summed E-state index contributed by atoms with van der Waals surface area (Å²) in [6.07, 6.45) is 12.0. The predicted molar refractivity (Wildman–Crippen MR) is 72.8 cm³/mol. The zero-order chi connectivity index (χ0) is 11.6. The Balaban J connectivity index is 2.33. The molecule has 0 fully saturated rings. The topological polar surface area (TPSA) is 0 Å². The quantitative estimate of drug-likeness (QED) is 0.448. The highest BCUT2D eigenvalue weighted by Crippen LogP contribution is 2.10. The second kappa shape index (κ2) is 8.15. The molecule has 0 heterocycles. The normalized spacial score (nSPS) is 11.1. The van der Waals surface area contributed by atoms with Gasteiger partial charge in [0.15, 0.2) is 0 Å². The van der Waals surface area contributed by atoms with Crippen LogP contribution in [0.5, 0.6) is 0 Å². The maximum atomic E-state index is 2.28. The standard InChI is InChI=1S/C16H24/c1-3-5-7-8-10-16-13-11-15(12-14-16)9-6-4-2/h4,6,11-14H,3,5,7-10H2,1-2H3. The van der Waals surface area contributed by atoms with E-state index in [2.05, 4.69) is 50.3 Å². The van der Waals surface area contributed by atoms with Gasteiger partial charge in [-0.3, -0.25) is 0 Å². The first-order valence-electron chi connectivity index (χ1n) is 6.55. The van der Waals surface area contributed by atoms with Crippen molar-refractivity contribution >= 4 is 0 Å². The second-order valence-corrected chi connectivity index (χ2v) is 4.40. The van der Waals surface area contributed by atoms with Gasteiger partial charge in [-0.1, -0.05) is 62.6 Å². The third-order valence-electron chi connectivity index (χ3n) is 2.93. The molecule has 0 aliphatic rings. The molecule has 0 saturated heterocycles. The smallest absolute Gasteiger partial charge is 0.00976 e. The van der Waals surface area contributed by atoms with Gasteiger partial charge in [0.1, 0.15) is 0 Å². The molecule has 88 valence electrons. The summed E-state index contributed by atoms with van der Waals surface area (Å²) in [5, 5.41) is 0. The fourth-order valence-electron chi connectivity index (χ4n) is 1.85. The average Bonchev–Trinajstić information content (AvgIpc) is 2.33. The largest absolute Gasteiger partial charge is 0.0913 e. The van der Waals surface area contributed by atoms with E-state index in [1.165, 1.54) is 43.2 Å². The van der Waals surface area contributed by atoms with Crippen molar-refractivity contribution in [3.63, 3.8) is 0 Å². The lowest BCUT2D eigenvalue weighted by atomic mass is 10.0. The first-order valence-corrected chi connectivity index (χ1v) is 6.55. The van der Waals surface area contributed by atoms with Crippen LogP contribution in [-0.2, 0) is 12.8 Å². The molecule has 0 amide bonds. The molecule has 0 spiro atoms. The van der Waals surface area contributed by atoms with Crippen LogP contribution in [0.1, 0.15) is 50.7 Å². The number of aryl methyl sites for hydroxylation is 1. The van der Waals surface area contributed by atoms with E-state index in [9.17, 15) is 0 Å². The van der Waals surface area contributed by atoms with Crippen LogP contribution in [0.25, 0.3) is 0 Å². The minimum atomic E-state index is 1.06. The molecule has 1 rings (SSSR count). The number of hydrogen-bond acceptors (Lipinski definition) is 0. The molecule has 0 N–H and O–H groups in total. The fraction of sp³-hybridized carbons (Fsp3) is 0.500. The van der Waals surface area contributed by atoms with Crippen LogP contribution in [0.15, 0.2) is 36.4 Å². The van der Waals surface area contributed by atoms with E-state index in [4.69, 9.17) is 0 Å². The number of unbranched alkanes of at least 4 members (excludes halogenated alkanes) is 3. The van der Waals surface area contributed by atoms with Crippen LogP contribution in [0.2, 0.25) is 0 Å². The van der Waals surface area contributed by atoms with Crippen molar-refractivity contribution in [2.24, 2.45) is 0 Å². The van der Waals surface area contributed by atoms with Crippen LogP contribution < -0.4 is 0 Å². The highest BCUT2D eigenvalue weighted by molar-refractivity contribution is 5.24. The van der Waals surface area contributed by atoms with Crippen molar-refractivity contribution in [3.05, 3.63) is 47.5 Å². The Morgan fingerprint density at radius 2 is 1.62 bits per heavy atom. The Hall–Kier alpha value is -1.04. The monoisotopic (exact) mass is 216 g/mol. The lowest BCUT2D eigenvalue weighted by Crippen LogP contribution is -1.87. The number of rotatable bonds is 7. The summed E-state index contributed by atoms with van der Waals surface area (Å²) in [6.45, 7) is 4.33. The predicted octanol–water partition coefficient (Wildman–Crippen LogP) is 4.93. The molecular formula is C16H24. The van der Waals surface area contributed by atoms with Gasteiger partial charge < -0.3 is 0 Å². The third-order valence-corrected chi connectivity index (χ3v) is 2.93.